The maximum atomic E-state index is 13.1. The summed E-state index contributed by atoms with van der Waals surface area (Å²) >= 11 is 1.08. The number of amides is 1. The van der Waals surface area contributed by atoms with Crippen LogP contribution >= 0.6 is 11.8 Å². The second kappa shape index (κ2) is 9.01. The standard InChI is InChI=1S/C17H17F3N8O2S/c18-17(19,20)11-3-4-14(28-10-21-9-22-28)13(6-11)23-15(29)8-31-16-24-25-26-27(16)7-12-2-1-5-30-12/h3-4,6,9-10,12H,1-2,5,7-8H2,(H,23,29)/t12-/m1/s1. The Hall–Kier alpha value is -3.00. The quantitative estimate of drug-likeness (QED) is 0.541. The van der Waals surface area contributed by atoms with Crippen molar-refractivity contribution in [1.82, 2.24) is 35.0 Å². The number of nitrogens with zero attached hydrogens (tertiary/aromatic N) is 7. The zero-order chi connectivity index (χ0) is 21.8. The van der Waals surface area contributed by atoms with Crippen molar-refractivity contribution in [3.8, 4) is 5.69 Å². The van der Waals surface area contributed by atoms with Crippen molar-refractivity contribution < 1.29 is 22.7 Å². The molecule has 1 fully saturated rings. The van der Waals surface area contributed by atoms with Crippen LogP contribution in [0.1, 0.15) is 18.4 Å². The molecule has 1 aliphatic heterocycles. The molecule has 3 aromatic rings. The summed E-state index contributed by atoms with van der Waals surface area (Å²) in [7, 11) is 0. The Kier molecular flexibility index (Phi) is 6.18. The molecule has 2 aromatic heterocycles. The topological polar surface area (TPSA) is 113 Å². The first kappa shape index (κ1) is 21.2. The van der Waals surface area contributed by atoms with Crippen LogP contribution in [0.2, 0.25) is 0 Å². The number of alkyl halides is 3. The maximum Gasteiger partial charge on any atom is 0.416 e. The number of tetrazole rings is 1. The van der Waals surface area contributed by atoms with E-state index < -0.39 is 17.6 Å². The number of ether oxygens (including phenoxy) is 1. The Balaban J connectivity index is 1.45. The van der Waals surface area contributed by atoms with Gasteiger partial charge in [0.15, 0.2) is 0 Å². The van der Waals surface area contributed by atoms with Crippen LogP contribution in [0.15, 0.2) is 36.0 Å². The van der Waals surface area contributed by atoms with Gasteiger partial charge in [-0.25, -0.2) is 14.3 Å². The molecule has 0 bridgehead atoms. The molecule has 4 rings (SSSR count). The van der Waals surface area contributed by atoms with Gasteiger partial charge in [-0.1, -0.05) is 11.8 Å². The van der Waals surface area contributed by atoms with Gasteiger partial charge in [0.05, 0.1) is 35.3 Å². The molecule has 1 N–H and O–H groups in total. The normalized spacial score (nSPS) is 16.5. The van der Waals surface area contributed by atoms with E-state index in [-0.39, 0.29) is 23.2 Å². The van der Waals surface area contributed by atoms with E-state index >= 15 is 0 Å². The highest BCUT2D eigenvalue weighted by Crippen LogP contribution is 2.33. The molecule has 1 aromatic carbocycles. The SMILES string of the molecule is O=C(CSc1nnnn1C[C@H]1CCCO1)Nc1cc(C(F)(F)F)ccc1-n1cncn1. The van der Waals surface area contributed by atoms with Crippen LogP contribution in [0, 0.1) is 0 Å². The third-order valence-electron chi connectivity index (χ3n) is 4.50. The molecule has 1 atom stereocenters. The lowest BCUT2D eigenvalue weighted by Gasteiger charge is -2.14. The minimum Gasteiger partial charge on any atom is -0.376 e. The van der Waals surface area contributed by atoms with Gasteiger partial charge in [0.1, 0.15) is 12.7 Å². The van der Waals surface area contributed by atoms with Gasteiger partial charge in [-0.15, -0.1) is 5.10 Å². The number of benzene rings is 1. The molecule has 0 saturated carbocycles. The molecule has 10 nitrogen and oxygen atoms in total. The molecule has 1 amide bonds. The van der Waals surface area contributed by atoms with Gasteiger partial charge in [0, 0.05) is 6.61 Å². The van der Waals surface area contributed by atoms with Crippen LogP contribution in [0.25, 0.3) is 5.69 Å². The lowest BCUT2D eigenvalue weighted by Crippen LogP contribution is -2.19. The average molecular weight is 454 g/mol. The number of halogens is 3. The maximum absolute atomic E-state index is 13.1. The summed E-state index contributed by atoms with van der Waals surface area (Å²) in [4.78, 5) is 16.3. The minimum absolute atomic E-state index is 0.0204. The van der Waals surface area contributed by atoms with Crippen LogP contribution in [0.5, 0.6) is 0 Å². The van der Waals surface area contributed by atoms with E-state index in [4.69, 9.17) is 4.74 Å². The van der Waals surface area contributed by atoms with Crippen LogP contribution in [0.4, 0.5) is 18.9 Å². The van der Waals surface area contributed by atoms with E-state index in [1.54, 1.807) is 4.68 Å². The first-order valence-corrected chi connectivity index (χ1v) is 10.3. The predicted molar refractivity (Wildman–Crippen MR) is 103 cm³/mol. The smallest absolute Gasteiger partial charge is 0.376 e. The molecule has 164 valence electrons. The van der Waals surface area contributed by atoms with Gasteiger partial charge in [0.2, 0.25) is 11.1 Å². The highest BCUT2D eigenvalue weighted by molar-refractivity contribution is 7.99. The Bertz CT molecular complexity index is 1030. The summed E-state index contributed by atoms with van der Waals surface area (Å²) in [6.07, 6.45) is -0.0842. The third kappa shape index (κ3) is 5.19. The van der Waals surface area contributed by atoms with E-state index in [9.17, 15) is 18.0 Å². The monoisotopic (exact) mass is 454 g/mol. The van der Waals surface area contributed by atoms with Crippen molar-refractivity contribution in [1.29, 1.82) is 0 Å². The van der Waals surface area contributed by atoms with Crippen LogP contribution in [0.3, 0.4) is 0 Å². The second-order valence-corrected chi connectivity index (χ2v) is 7.63. The van der Waals surface area contributed by atoms with Crippen molar-refractivity contribution >= 4 is 23.4 Å². The predicted octanol–water partition coefficient (Wildman–Crippen LogP) is 2.18. The minimum atomic E-state index is -4.56. The molecular formula is C17H17F3N8O2S. The Morgan fingerprint density at radius 3 is 2.94 bits per heavy atom. The van der Waals surface area contributed by atoms with Gasteiger partial charge in [-0.2, -0.15) is 18.3 Å². The molecule has 3 heterocycles. The van der Waals surface area contributed by atoms with Gasteiger partial charge < -0.3 is 10.1 Å². The van der Waals surface area contributed by atoms with Crippen LogP contribution in [-0.4, -0.2) is 59.3 Å². The second-order valence-electron chi connectivity index (χ2n) is 6.69. The molecule has 0 unspecified atom stereocenters. The summed E-state index contributed by atoms with van der Waals surface area (Å²) in [5, 5.41) is 18.3. The lowest BCUT2D eigenvalue weighted by molar-refractivity contribution is -0.137. The van der Waals surface area contributed by atoms with Crippen molar-refractivity contribution in [2.24, 2.45) is 0 Å². The largest absolute Gasteiger partial charge is 0.416 e. The van der Waals surface area contributed by atoms with Crippen molar-refractivity contribution in [2.75, 3.05) is 17.7 Å². The fourth-order valence-electron chi connectivity index (χ4n) is 3.06. The van der Waals surface area contributed by atoms with Crippen LogP contribution < -0.4 is 5.32 Å². The van der Waals surface area contributed by atoms with Gasteiger partial charge in [0.25, 0.3) is 0 Å². The Morgan fingerprint density at radius 1 is 1.35 bits per heavy atom. The molecule has 1 aliphatic rings. The number of rotatable bonds is 7. The zero-order valence-electron chi connectivity index (χ0n) is 16.0. The lowest BCUT2D eigenvalue weighted by atomic mass is 10.1. The summed E-state index contributed by atoms with van der Waals surface area (Å²) in [6, 6.07) is 3.00. The van der Waals surface area contributed by atoms with Crippen molar-refractivity contribution in [2.45, 2.75) is 36.8 Å². The van der Waals surface area contributed by atoms with Crippen molar-refractivity contribution in [3.05, 3.63) is 36.4 Å². The van der Waals surface area contributed by atoms with E-state index in [1.807, 2.05) is 0 Å². The van der Waals surface area contributed by atoms with Gasteiger partial charge in [-0.05, 0) is 41.5 Å². The molecule has 1 saturated heterocycles. The Labute approximate surface area is 178 Å². The van der Waals surface area contributed by atoms with E-state index in [0.717, 1.165) is 36.7 Å². The fraction of sp³-hybridized carbons (Fsp3) is 0.412. The first-order valence-electron chi connectivity index (χ1n) is 9.27. The molecule has 0 spiro atoms. The third-order valence-corrected chi connectivity index (χ3v) is 5.45. The number of carbonyl (C=O) groups is 1. The number of thioether (sulfide) groups is 1. The fourth-order valence-corrected chi connectivity index (χ4v) is 3.74. The molecule has 0 radical (unpaired) electrons. The number of anilines is 1. The molecule has 14 heteroatoms. The van der Waals surface area contributed by atoms with Crippen molar-refractivity contribution in [3.63, 3.8) is 0 Å². The highest BCUT2D eigenvalue weighted by Gasteiger charge is 2.31. The molecular weight excluding hydrogens is 437 g/mol. The summed E-state index contributed by atoms with van der Waals surface area (Å²) in [6.45, 7) is 1.17. The summed E-state index contributed by atoms with van der Waals surface area (Å²) in [5.74, 6) is -0.615. The number of hydrogen-bond acceptors (Lipinski definition) is 8. The number of aromatic nitrogens is 7. The first-order chi connectivity index (χ1) is 14.9. The summed E-state index contributed by atoms with van der Waals surface area (Å²) in [5.41, 5.74) is -0.670. The zero-order valence-corrected chi connectivity index (χ0v) is 16.8. The van der Waals surface area contributed by atoms with E-state index in [0.29, 0.717) is 18.3 Å². The van der Waals surface area contributed by atoms with Gasteiger partial charge >= 0.3 is 6.18 Å². The average Bonchev–Trinajstić information content (AvgIpc) is 3.49. The summed E-state index contributed by atoms with van der Waals surface area (Å²) < 4.78 is 47.8. The van der Waals surface area contributed by atoms with E-state index in [2.05, 4.69) is 30.9 Å². The molecule has 31 heavy (non-hydrogen) atoms. The number of carbonyl (C=O) groups excluding carboxylic acids is 1. The Morgan fingerprint density at radius 2 is 2.23 bits per heavy atom. The highest BCUT2D eigenvalue weighted by atomic mass is 32.2. The number of nitrogens with one attached hydrogen (secondary N) is 1. The van der Waals surface area contributed by atoms with Gasteiger partial charge in [-0.3, -0.25) is 4.79 Å². The van der Waals surface area contributed by atoms with E-state index in [1.165, 1.54) is 23.4 Å². The van der Waals surface area contributed by atoms with Crippen LogP contribution in [-0.2, 0) is 22.3 Å². The molecule has 0 aliphatic carbocycles. The number of hydrogen-bond donors (Lipinski definition) is 1.